The standard InChI is InChI=1S/C57H85N13O19/c1-9-27(5)45(68-56(88)46(28(6)10-2)67-52(84)38(24-43(78)79)61-30(8)72)55(87)64-36(22-31-25-60-33-15-12-11-14-32(31)33)50(82)63-35(18-20-42(76)77)49(81)66-44(26(3)4)54(86)65-37(23-40(58)73)51(83)69-47(29(7)71)57(89)70-21-13-16-39(70)53(85)62-34(48(59)80)17-19-41(74)75/h11-12,14-15,25-29,34-39,44-47,60,71H,9-10,13,16-24H2,1-8H3,(H2,58,73)(H2,59,80)(H,61,72)(H,62,85)(H,63,82)(H,64,87)(H,65,86)(H,66,81)(H,67,84)(H,68,88)(H,69,83)(H,74,75)(H,76,77)(H,78,79)/t27-,28-,29+,34-,35-,36-,37-,38-,39-,44-,45-,46-,47-/m0/s1. The van der Waals surface area contributed by atoms with Gasteiger partial charge in [0.1, 0.15) is 60.4 Å². The van der Waals surface area contributed by atoms with Gasteiger partial charge in [-0.2, -0.15) is 0 Å². The Balaban J connectivity index is 1.97. The minimum atomic E-state index is -1.90. The van der Waals surface area contributed by atoms with Crippen LogP contribution in [0.5, 0.6) is 0 Å². The summed E-state index contributed by atoms with van der Waals surface area (Å²) in [6.07, 6.45) is -3.51. The highest BCUT2D eigenvalue weighted by molar-refractivity contribution is 6.01. The predicted octanol–water partition coefficient (Wildman–Crippen LogP) is -3.22. The molecule has 1 aromatic carbocycles. The largest absolute Gasteiger partial charge is 0.481 e. The van der Waals surface area contributed by atoms with Gasteiger partial charge in [-0.3, -0.25) is 71.9 Å². The fourth-order valence-electron chi connectivity index (χ4n) is 9.74. The van der Waals surface area contributed by atoms with E-state index in [1.54, 1.807) is 58.2 Å². The molecule has 492 valence electrons. The molecule has 89 heavy (non-hydrogen) atoms. The number of hydrogen-bond acceptors (Lipinski definition) is 16. The molecule has 0 unspecified atom stereocenters. The second kappa shape index (κ2) is 34.9. The van der Waals surface area contributed by atoms with Crippen molar-refractivity contribution in [3.63, 3.8) is 0 Å². The van der Waals surface area contributed by atoms with Crippen LogP contribution in [0.1, 0.15) is 125 Å². The summed E-state index contributed by atoms with van der Waals surface area (Å²) in [6.45, 7) is 11.7. The van der Waals surface area contributed by atoms with Crippen molar-refractivity contribution in [3.05, 3.63) is 36.0 Å². The Morgan fingerprint density at radius 2 is 1.04 bits per heavy atom. The number of nitrogens with two attached hydrogens (primary N) is 2. The Bertz CT molecular complexity index is 2920. The SMILES string of the molecule is CC[C@H](C)[C@H](NC(=O)[C@H](CC(=O)O)NC(C)=O)C(=O)N[C@H](C(=O)N[C@@H](Cc1c[nH]c2ccccc12)C(=O)N[C@@H](CCC(=O)O)C(=O)N[C@H](C(=O)N[C@@H](CC(N)=O)C(=O)N[C@H](C(=O)N1CCC[C@H]1C(=O)N[C@@H](CCC(=O)O)C(N)=O)[C@@H](C)O)C(C)C)[C@@H](C)CC. The zero-order valence-corrected chi connectivity index (χ0v) is 51.0. The molecule has 0 spiro atoms. The molecule has 32 nitrogen and oxygen atoms in total. The van der Waals surface area contributed by atoms with Crippen molar-refractivity contribution in [2.45, 2.75) is 193 Å². The molecule has 1 aromatic heterocycles. The van der Waals surface area contributed by atoms with Gasteiger partial charge in [-0.15, -0.1) is 0 Å². The molecule has 1 aliphatic heterocycles. The number of para-hydroxylation sites is 1. The Kier molecular flexibility index (Phi) is 29.1. The van der Waals surface area contributed by atoms with Crippen LogP contribution in [0.2, 0.25) is 0 Å². The lowest BCUT2D eigenvalue weighted by Crippen LogP contribution is -2.63. The van der Waals surface area contributed by atoms with E-state index in [0.717, 1.165) is 18.7 Å². The maximum atomic E-state index is 14.7. The third kappa shape index (κ3) is 22.8. The molecule has 18 N–H and O–H groups in total. The van der Waals surface area contributed by atoms with E-state index in [9.17, 15) is 87.2 Å². The maximum Gasteiger partial charge on any atom is 0.305 e. The topological polar surface area (TPSA) is 516 Å². The Morgan fingerprint density at radius 1 is 0.573 bits per heavy atom. The Morgan fingerprint density at radius 3 is 1.56 bits per heavy atom. The molecule has 0 saturated carbocycles. The molecule has 0 bridgehead atoms. The quantitative estimate of drug-likeness (QED) is 0.0316. The number of aliphatic hydroxyl groups is 1. The minimum absolute atomic E-state index is 0.0456. The predicted molar refractivity (Wildman–Crippen MR) is 314 cm³/mol. The number of nitrogens with one attached hydrogen (secondary N) is 10. The number of primary amides is 2. The summed E-state index contributed by atoms with van der Waals surface area (Å²) in [5, 5.41) is 61.7. The van der Waals surface area contributed by atoms with Gasteiger partial charge in [0.15, 0.2) is 0 Å². The van der Waals surface area contributed by atoms with Gasteiger partial charge in [0.05, 0.1) is 18.9 Å². The van der Waals surface area contributed by atoms with E-state index in [2.05, 4.69) is 52.8 Å². The van der Waals surface area contributed by atoms with E-state index >= 15 is 0 Å². The number of aliphatic carboxylic acids is 3. The van der Waals surface area contributed by atoms with Gasteiger partial charge < -0.3 is 89.6 Å². The first kappa shape index (κ1) is 74.0. The average Bonchev–Trinajstić information content (AvgIpc) is 2.19. The molecule has 0 radical (unpaired) electrons. The van der Waals surface area contributed by atoms with E-state index in [1.807, 2.05) is 0 Å². The number of nitrogens with zero attached hydrogens (tertiary/aromatic N) is 1. The maximum absolute atomic E-state index is 14.7. The summed E-state index contributed by atoms with van der Waals surface area (Å²) in [6, 6.07) is -8.87. The van der Waals surface area contributed by atoms with E-state index in [4.69, 9.17) is 16.6 Å². The number of carboxylic acid groups (broad SMARTS) is 3. The molecule has 1 aliphatic rings. The number of carboxylic acids is 3. The van der Waals surface area contributed by atoms with Crippen molar-refractivity contribution in [1.29, 1.82) is 0 Å². The summed E-state index contributed by atoms with van der Waals surface area (Å²) in [4.78, 5) is 202. The van der Waals surface area contributed by atoms with Crippen LogP contribution in [0, 0.1) is 17.8 Å². The van der Waals surface area contributed by atoms with Crippen molar-refractivity contribution in [1.82, 2.24) is 57.7 Å². The smallest absolute Gasteiger partial charge is 0.305 e. The average molecular weight is 1260 g/mol. The van der Waals surface area contributed by atoms with Crippen LogP contribution < -0.4 is 59.3 Å². The number of H-pyrrole nitrogens is 1. The van der Waals surface area contributed by atoms with E-state index < -0.39 is 205 Å². The second-order valence-electron chi connectivity index (χ2n) is 22.5. The summed E-state index contributed by atoms with van der Waals surface area (Å²) >= 11 is 0. The van der Waals surface area contributed by atoms with E-state index in [-0.39, 0.29) is 38.6 Å². The first-order valence-electron chi connectivity index (χ1n) is 29.2. The van der Waals surface area contributed by atoms with Crippen LogP contribution in [0.3, 0.4) is 0 Å². The van der Waals surface area contributed by atoms with Crippen molar-refractivity contribution in [2.24, 2.45) is 29.2 Å². The highest BCUT2D eigenvalue weighted by Gasteiger charge is 2.42. The summed E-state index contributed by atoms with van der Waals surface area (Å²) in [5.74, 6) is -18.4. The van der Waals surface area contributed by atoms with Crippen LogP contribution in [-0.4, -0.2) is 192 Å². The molecule has 12 amide bonds. The molecule has 3 rings (SSSR count). The number of aliphatic hydroxyl groups excluding tert-OH is 1. The van der Waals surface area contributed by atoms with Gasteiger partial charge in [-0.1, -0.05) is 72.6 Å². The number of aromatic amines is 1. The third-order valence-corrected chi connectivity index (χ3v) is 15.1. The molecule has 1 saturated heterocycles. The number of aromatic nitrogens is 1. The fraction of sp³-hybridized carbons (Fsp3) is 0.596. The van der Waals surface area contributed by atoms with E-state index in [1.165, 1.54) is 13.8 Å². The number of amides is 12. The highest BCUT2D eigenvalue weighted by atomic mass is 16.4. The molecule has 2 aromatic rings. The normalized spacial score (nSPS) is 17.0. The van der Waals surface area contributed by atoms with E-state index in [0.29, 0.717) is 22.9 Å². The van der Waals surface area contributed by atoms with Crippen LogP contribution in [0.15, 0.2) is 30.5 Å². The summed E-state index contributed by atoms with van der Waals surface area (Å²) in [7, 11) is 0. The van der Waals surface area contributed by atoms with Gasteiger partial charge in [0, 0.05) is 49.8 Å². The molecular formula is C57H85N13O19. The molecule has 1 fully saturated rings. The van der Waals surface area contributed by atoms with Gasteiger partial charge in [0.25, 0.3) is 0 Å². The second-order valence-corrected chi connectivity index (χ2v) is 22.5. The number of rotatable bonds is 37. The zero-order valence-electron chi connectivity index (χ0n) is 51.0. The van der Waals surface area contributed by atoms with Crippen molar-refractivity contribution in [3.8, 4) is 0 Å². The van der Waals surface area contributed by atoms with Crippen LogP contribution in [0.4, 0.5) is 0 Å². The lowest BCUT2D eigenvalue weighted by molar-refractivity contribution is -0.145. The number of fused-ring (bicyclic) bond motifs is 1. The number of hydrogen-bond donors (Lipinski definition) is 16. The fourth-order valence-corrected chi connectivity index (χ4v) is 9.74. The monoisotopic (exact) mass is 1260 g/mol. The zero-order chi connectivity index (χ0) is 67.1. The highest BCUT2D eigenvalue weighted by Crippen LogP contribution is 2.22. The molecule has 2 heterocycles. The molecule has 32 heteroatoms. The van der Waals surface area contributed by atoms with Gasteiger partial charge in [-0.05, 0) is 62.0 Å². The number of likely N-dealkylation sites (tertiary alicyclic amines) is 1. The first-order valence-corrected chi connectivity index (χ1v) is 29.2. The van der Waals surface area contributed by atoms with Crippen LogP contribution in [0.25, 0.3) is 10.9 Å². The third-order valence-electron chi connectivity index (χ3n) is 15.1. The van der Waals surface area contributed by atoms with Crippen LogP contribution in [-0.2, 0) is 78.3 Å². The minimum Gasteiger partial charge on any atom is -0.481 e. The van der Waals surface area contributed by atoms with Gasteiger partial charge >= 0.3 is 17.9 Å². The Labute approximate surface area is 512 Å². The van der Waals surface area contributed by atoms with Gasteiger partial charge in [0.2, 0.25) is 70.9 Å². The number of benzene rings is 1. The Hall–Kier alpha value is -9.23. The lowest BCUT2D eigenvalue weighted by Gasteiger charge is -2.32. The van der Waals surface area contributed by atoms with Crippen molar-refractivity contribution >= 4 is 99.7 Å². The summed E-state index contributed by atoms with van der Waals surface area (Å²) in [5.41, 5.74) is 12.0. The summed E-state index contributed by atoms with van der Waals surface area (Å²) < 4.78 is 0. The molecular weight excluding hydrogens is 1170 g/mol. The van der Waals surface area contributed by atoms with Crippen LogP contribution >= 0.6 is 0 Å². The molecule has 0 aliphatic carbocycles. The first-order chi connectivity index (χ1) is 41.7. The lowest BCUT2D eigenvalue weighted by atomic mass is 9.94. The van der Waals surface area contributed by atoms with Crippen molar-refractivity contribution in [2.75, 3.05) is 6.54 Å². The van der Waals surface area contributed by atoms with Gasteiger partial charge in [-0.25, -0.2) is 0 Å². The van der Waals surface area contributed by atoms with Crippen molar-refractivity contribution < 1.29 is 92.3 Å². The number of carbonyl (C=O) groups is 15. The molecule has 13 atom stereocenters. The number of carbonyl (C=O) groups excluding carboxylic acids is 12.